The Morgan fingerprint density at radius 2 is 1.75 bits per heavy atom. The Hall–Kier alpha value is -0.973. The molecule has 0 aliphatic heterocycles. The number of benzene rings is 1. The van der Waals surface area contributed by atoms with E-state index in [9.17, 15) is 0 Å². The summed E-state index contributed by atoms with van der Waals surface area (Å²) in [6, 6.07) is 9.19. The Balaban J connectivity index is 1.98. The highest BCUT2D eigenvalue weighted by molar-refractivity contribution is 7.09. The molecule has 108 valence electrons. The lowest BCUT2D eigenvalue weighted by Gasteiger charge is -2.19. The lowest BCUT2D eigenvalue weighted by atomic mass is 10.2. The lowest BCUT2D eigenvalue weighted by molar-refractivity contribution is 0.321. The average molecular weight is 305 g/mol. The summed E-state index contributed by atoms with van der Waals surface area (Å²) in [4.78, 5) is 8.03. The molecular formula is C16H24N2SSi. The third-order valence-corrected chi connectivity index (χ3v) is 6.52. The first-order valence-corrected chi connectivity index (χ1v) is 11.4. The molecule has 2 nitrogen and oxygen atoms in total. The summed E-state index contributed by atoms with van der Waals surface area (Å²) >= 11 is 1.75. The summed E-state index contributed by atoms with van der Waals surface area (Å²) in [5.74, 6) is 0. The van der Waals surface area contributed by atoms with E-state index in [1.165, 1.54) is 15.6 Å². The number of aryl methyl sites for hydroxylation is 1. The van der Waals surface area contributed by atoms with Crippen LogP contribution >= 0.6 is 11.3 Å². The Kier molecular flexibility index (Phi) is 4.78. The van der Waals surface area contributed by atoms with Gasteiger partial charge in [0.2, 0.25) is 0 Å². The molecule has 1 aromatic heterocycles. The van der Waals surface area contributed by atoms with E-state index in [1.54, 1.807) is 11.3 Å². The van der Waals surface area contributed by atoms with Gasteiger partial charge in [-0.1, -0.05) is 49.1 Å². The van der Waals surface area contributed by atoms with Crippen LogP contribution in [0.2, 0.25) is 19.6 Å². The topological polar surface area (TPSA) is 16.1 Å². The fourth-order valence-electron chi connectivity index (χ4n) is 2.20. The van der Waals surface area contributed by atoms with Crippen molar-refractivity contribution in [1.82, 2.24) is 9.88 Å². The zero-order chi connectivity index (χ0) is 14.8. The van der Waals surface area contributed by atoms with E-state index in [0.29, 0.717) is 0 Å². The monoisotopic (exact) mass is 304 g/mol. The van der Waals surface area contributed by atoms with Crippen molar-refractivity contribution in [1.29, 1.82) is 0 Å². The Labute approximate surface area is 127 Å². The van der Waals surface area contributed by atoms with Gasteiger partial charge in [-0.05, 0) is 19.5 Å². The molecule has 0 atom stereocenters. The maximum atomic E-state index is 4.31. The van der Waals surface area contributed by atoms with E-state index < -0.39 is 8.07 Å². The summed E-state index contributed by atoms with van der Waals surface area (Å²) in [6.07, 6.45) is 0. The van der Waals surface area contributed by atoms with Crippen molar-refractivity contribution < 1.29 is 0 Å². The minimum absolute atomic E-state index is 0.978. The van der Waals surface area contributed by atoms with Crippen LogP contribution in [0.4, 0.5) is 0 Å². The Morgan fingerprint density at radius 1 is 1.10 bits per heavy atom. The van der Waals surface area contributed by atoms with Crippen LogP contribution < -0.4 is 5.19 Å². The highest BCUT2D eigenvalue weighted by atomic mass is 32.1. The molecule has 1 heterocycles. The van der Waals surface area contributed by atoms with Crippen LogP contribution in [0, 0.1) is 6.92 Å². The minimum Gasteiger partial charge on any atom is -0.297 e. The predicted molar refractivity (Wildman–Crippen MR) is 91.4 cm³/mol. The largest absolute Gasteiger partial charge is 0.297 e. The van der Waals surface area contributed by atoms with Crippen LogP contribution in [-0.4, -0.2) is 25.0 Å². The van der Waals surface area contributed by atoms with Crippen molar-refractivity contribution in [2.24, 2.45) is 0 Å². The number of hydrogen-bond donors (Lipinski definition) is 0. The van der Waals surface area contributed by atoms with Crippen LogP contribution in [-0.2, 0) is 13.1 Å². The minimum atomic E-state index is -1.18. The van der Waals surface area contributed by atoms with Gasteiger partial charge in [0.05, 0.1) is 19.3 Å². The second-order valence-electron chi connectivity index (χ2n) is 6.48. The van der Waals surface area contributed by atoms with Gasteiger partial charge in [0.25, 0.3) is 0 Å². The summed E-state index contributed by atoms with van der Waals surface area (Å²) in [5, 5.41) is 1.53. The fraction of sp³-hybridized carbons (Fsp3) is 0.438. The molecule has 4 heteroatoms. The molecule has 2 aromatic rings. The average Bonchev–Trinajstić information content (AvgIpc) is 2.74. The second-order valence-corrected chi connectivity index (χ2v) is 12.5. The normalized spacial score (nSPS) is 12.1. The zero-order valence-corrected chi connectivity index (χ0v) is 14.9. The standard InChI is InChI=1S/C16H24N2SSi/c1-13-16(19-12-17-13)11-18(2)10-14-6-8-15(9-7-14)20(3,4)5/h6-9,12H,10-11H2,1-5H3. The number of aromatic nitrogens is 1. The molecule has 0 saturated heterocycles. The van der Waals surface area contributed by atoms with Crippen molar-refractivity contribution in [3.8, 4) is 0 Å². The molecule has 0 N–H and O–H groups in total. The molecule has 0 bridgehead atoms. The van der Waals surface area contributed by atoms with E-state index in [4.69, 9.17) is 0 Å². The number of rotatable bonds is 5. The summed E-state index contributed by atoms with van der Waals surface area (Å²) in [5.41, 5.74) is 4.48. The summed E-state index contributed by atoms with van der Waals surface area (Å²) in [6.45, 7) is 11.2. The SMILES string of the molecule is Cc1ncsc1CN(C)Cc1ccc([Si](C)(C)C)cc1. The molecule has 20 heavy (non-hydrogen) atoms. The van der Waals surface area contributed by atoms with Gasteiger partial charge < -0.3 is 0 Å². The van der Waals surface area contributed by atoms with E-state index in [2.05, 4.69) is 67.8 Å². The van der Waals surface area contributed by atoms with Crippen molar-refractivity contribution in [2.45, 2.75) is 39.7 Å². The predicted octanol–water partition coefficient (Wildman–Crippen LogP) is 3.63. The maximum absolute atomic E-state index is 4.31. The van der Waals surface area contributed by atoms with Crippen LogP contribution in [0.15, 0.2) is 29.8 Å². The van der Waals surface area contributed by atoms with Gasteiger partial charge in [-0.15, -0.1) is 11.3 Å². The number of thiazole rings is 1. The van der Waals surface area contributed by atoms with Crippen LogP contribution in [0.3, 0.4) is 0 Å². The molecule has 0 radical (unpaired) electrons. The molecule has 0 spiro atoms. The molecule has 0 fully saturated rings. The van der Waals surface area contributed by atoms with E-state index in [-0.39, 0.29) is 0 Å². The fourth-order valence-corrected chi connectivity index (χ4v) is 4.22. The van der Waals surface area contributed by atoms with Gasteiger partial charge >= 0.3 is 0 Å². The number of hydrogen-bond acceptors (Lipinski definition) is 3. The van der Waals surface area contributed by atoms with Gasteiger partial charge in [-0.25, -0.2) is 4.98 Å². The Morgan fingerprint density at radius 3 is 2.25 bits per heavy atom. The van der Waals surface area contributed by atoms with Gasteiger partial charge in [-0.3, -0.25) is 4.90 Å². The number of nitrogens with zero attached hydrogens (tertiary/aromatic N) is 2. The molecule has 0 amide bonds. The first-order valence-electron chi connectivity index (χ1n) is 7.03. The summed E-state index contributed by atoms with van der Waals surface area (Å²) in [7, 11) is 0.996. The first-order chi connectivity index (χ1) is 9.36. The third-order valence-electron chi connectivity index (χ3n) is 3.53. The van der Waals surface area contributed by atoms with E-state index >= 15 is 0 Å². The smallest absolute Gasteiger partial charge is 0.0798 e. The summed E-state index contributed by atoms with van der Waals surface area (Å²) < 4.78 is 0. The van der Waals surface area contributed by atoms with Crippen LogP contribution in [0.1, 0.15) is 16.1 Å². The first kappa shape index (κ1) is 15.4. The van der Waals surface area contributed by atoms with Crippen molar-refractivity contribution in [3.05, 3.63) is 45.9 Å². The molecule has 2 rings (SSSR count). The van der Waals surface area contributed by atoms with Crippen molar-refractivity contribution >= 4 is 24.6 Å². The maximum Gasteiger partial charge on any atom is 0.0798 e. The van der Waals surface area contributed by atoms with Gasteiger partial charge in [0.1, 0.15) is 0 Å². The molecule has 0 aliphatic carbocycles. The van der Waals surface area contributed by atoms with Crippen LogP contribution in [0.25, 0.3) is 0 Å². The Bertz CT molecular complexity index is 555. The quantitative estimate of drug-likeness (QED) is 0.784. The highest BCUT2D eigenvalue weighted by Crippen LogP contribution is 2.15. The highest BCUT2D eigenvalue weighted by Gasteiger charge is 2.15. The zero-order valence-electron chi connectivity index (χ0n) is 13.1. The van der Waals surface area contributed by atoms with E-state index in [1.807, 2.05) is 5.51 Å². The molecule has 0 aliphatic rings. The molecule has 0 unspecified atom stereocenters. The van der Waals surface area contributed by atoms with Crippen molar-refractivity contribution in [2.75, 3.05) is 7.05 Å². The van der Waals surface area contributed by atoms with Crippen molar-refractivity contribution in [3.63, 3.8) is 0 Å². The third kappa shape index (κ3) is 4.01. The lowest BCUT2D eigenvalue weighted by Crippen LogP contribution is -2.37. The van der Waals surface area contributed by atoms with E-state index in [0.717, 1.165) is 18.8 Å². The van der Waals surface area contributed by atoms with Gasteiger partial charge in [-0.2, -0.15) is 0 Å². The molecule has 1 aromatic carbocycles. The molecule has 0 saturated carbocycles. The molecular weight excluding hydrogens is 280 g/mol. The van der Waals surface area contributed by atoms with Crippen LogP contribution in [0.5, 0.6) is 0 Å². The second kappa shape index (κ2) is 6.20. The van der Waals surface area contributed by atoms with Gasteiger partial charge in [0.15, 0.2) is 0 Å². The van der Waals surface area contributed by atoms with Gasteiger partial charge in [0, 0.05) is 18.0 Å².